The molecule has 0 radical (unpaired) electrons. The predicted octanol–water partition coefficient (Wildman–Crippen LogP) is 0.249. The number of imide groups is 1. The number of nitrogens with zero attached hydrogens (tertiary/aromatic N) is 1. The molecule has 1 aromatic carbocycles. The number of carbonyl (C=O) groups excluding carboxylic acids is 3. The van der Waals surface area contributed by atoms with Gasteiger partial charge in [-0.3, -0.25) is 19.8 Å². The van der Waals surface area contributed by atoms with Crippen LogP contribution < -0.4 is 5.32 Å². The number of esters is 1. The Hall–Kier alpha value is -2.21. The summed E-state index contributed by atoms with van der Waals surface area (Å²) in [7, 11) is 0. The maximum atomic E-state index is 12.1. The number of nitrogens with one attached hydrogen (secondary N) is 1. The van der Waals surface area contributed by atoms with Crippen LogP contribution in [0.2, 0.25) is 0 Å². The zero-order valence-corrected chi connectivity index (χ0v) is 11.2. The first-order valence-electron chi connectivity index (χ1n) is 6.40. The van der Waals surface area contributed by atoms with E-state index in [0.717, 1.165) is 0 Å². The lowest BCUT2D eigenvalue weighted by molar-refractivity contribution is -0.152. The minimum atomic E-state index is -0.744. The van der Waals surface area contributed by atoms with Crippen molar-refractivity contribution >= 4 is 17.8 Å². The molecule has 6 nitrogen and oxygen atoms in total. The van der Waals surface area contributed by atoms with E-state index in [-0.39, 0.29) is 19.7 Å². The van der Waals surface area contributed by atoms with E-state index < -0.39 is 23.8 Å². The predicted molar refractivity (Wildman–Crippen MR) is 70.5 cm³/mol. The molecular weight excluding hydrogens is 260 g/mol. The first-order chi connectivity index (χ1) is 9.61. The molecule has 1 heterocycles. The fourth-order valence-corrected chi connectivity index (χ4v) is 2.19. The van der Waals surface area contributed by atoms with Crippen molar-refractivity contribution in [3.63, 3.8) is 0 Å². The van der Waals surface area contributed by atoms with E-state index in [0.29, 0.717) is 5.56 Å². The molecule has 0 aliphatic carbocycles. The second-order valence-electron chi connectivity index (χ2n) is 4.44. The third-order valence-electron chi connectivity index (χ3n) is 2.96. The lowest BCUT2D eigenvalue weighted by Crippen LogP contribution is -2.53. The summed E-state index contributed by atoms with van der Waals surface area (Å²) < 4.78 is 5.06. The van der Waals surface area contributed by atoms with Crippen molar-refractivity contribution in [3.05, 3.63) is 35.9 Å². The summed E-state index contributed by atoms with van der Waals surface area (Å²) in [6, 6.07) is 8.24. The maximum absolute atomic E-state index is 12.1. The monoisotopic (exact) mass is 276 g/mol. The maximum Gasteiger partial charge on any atom is 0.328 e. The summed E-state index contributed by atoms with van der Waals surface area (Å²) in [6.45, 7) is 1.94. The van der Waals surface area contributed by atoms with E-state index in [2.05, 4.69) is 5.32 Å². The van der Waals surface area contributed by atoms with Gasteiger partial charge in [0.15, 0.2) is 0 Å². The number of piperazine rings is 1. The van der Waals surface area contributed by atoms with Gasteiger partial charge in [-0.1, -0.05) is 30.3 Å². The minimum Gasteiger partial charge on any atom is -0.465 e. The van der Waals surface area contributed by atoms with Crippen LogP contribution in [0.5, 0.6) is 0 Å². The van der Waals surface area contributed by atoms with E-state index in [1.54, 1.807) is 31.2 Å². The topological polar surface area (TPSA) is 75.7 Å². The van der Waals surface area contributed by atoms with Crippen molar-refractivity contribution in [2.45, 2.75) is 13.0 Å². The van der Waals surface area contributed by atoms with Crippen molar-refractivity contribution in [2.75, 3.05) is 19.7 Å². The van der Waals surface area contributed by atoms with Crippen molar-refractivity contribution in [3.8, 4) is 0 Å². The lowest BCUT2D eigenvalue weighted by atomic mass is 10.0. The molecule has 20 heavy (non-hydrogen) atoms. The van der Waals surface area contributed by atoms with Gasteiger partial charge in [0, 0.05) is 0 Å². The molecule has 1 N–H and O–H groups in total. The normalized spacial score (nSPS) is 17.4. The van der Waals surface area contributed by atoms with Crippen molar-refractivity contribution in [1.29, 1.82) is 0 Å². The summed E-state index contributed by atoms with van der Waals surface area (Å²) in [5, 5.41) is 2.21. The van der Waals surface area contributed by atoms with E-state index >= 15 is 0 Å². The molecule has 1 aromatic rings. The molecule has 1 aliphatic heterocycles. The number of benzene rings is 1. The van der Waals surface area contributed by atoms with Crippen LogP contribution in [0.1, 0.15) is 18.5 Å². The Labute approximate surface area is 116 Å². The smallest absolute Gasteiger partial charge is 0.328 e. The highest BCUT2D eigenvalue weighted by Gasteiger charge is 2.34. The van der Waals surface area contributed by atoms with Gasteiger partial charge in [-0.25, -0.2) is 4.79 Å². The average Bonchev–Trinajstić information content (AvgIpc) is 2.39. The summed E-state index contributed by atoms with van der Waals surface area (Å²) in [6.07, 6.45) is 0. The molecule has 0 bridgehead atoms. The molecule has 1 atom stereocenters. The fraction of sp³-hybridized carbons (Fsp3) is 0.357. The van der Waals surface area contributed by atoms with Gasteiger partial charge in [-0.2, -0.15) is 0 Å². The van der Waals surface area contributed by atoms with Crippen LogP contribution in [-0.4, -0.2) is 42.4 Å². The molecule has 6 heteroatoms. The molecule has 106 valence electrons. The Bertz CT molecular complexity index is 499. The molecule has 1 aliphatic rings. The molecule has 0 saturated carbocycles. The highest BCUT2D eigenvalue weighted by molar-refractivity contribution is 6.00. The summed E-state index contributed by atoms with van der Waals surface area (Å²) in [5.41, 5.74) is 0.702. The Morgan fingerprint density at radius 2 is 1.85 bits per heavy atom. The van der Waals surface area contributed by atoms with Gasteiger partial charge in [-0.05, 0) is 12.5 Å². The number of amides is 2. The van der Waals surface area contributed by atoms with Crippen LogP contribution in [-0.2, 0) is 19.1 Å². The van der Waals surface area contributed by atoms with Gasteiger partial charge in [0.25, 0.3) is 0 Å². The van der Waals surface area contributed by atoms with E-state index in [4.69, 9.17) is 4.74 Å². The van der Waals surface area contributed by atoms with Gasteiger partial charge in [0.1, 0.15) is 6.04 Å². The molecule has 2 amide bonds. The summed E-state index contributed by atoms with van der Waals surface area (Å²) in [4.78, 5) is 36.6. The SMILES string of the molecule is CCOC(=O)C(c1ccccc1)N1CC(=O)NC(=O)C1. The van der Waals surface area contributed by atoms with Gasteiger partial charge in [0.2, 0.25) is 11.8 Å². The van der Waals surface area contributed by atoms with Gasteiger partial charge < -0.3 is 4.74 Å². The van der Waals surface area contributed by atoms with Gasteiger partial charge in [-0.15, -0.1) is 0 Å². The first kappa shape index (κ1) is 14.2. The zero-order chi connectivity index (χ0) is 14.5. The highest BCUT2D eigenvalue weighted by atomic mass is 16.5. The standard InChI is InChI=1S/C14H16N2O4/c1-2-20-14(19)13(10-6-4-3-5-7-10)16-8-11(17)15-12(18)9-16/h3-7,13H,2,8-9H2,1H3,(H,15,17,18). The van der Waals surface area contributed by atoms with Gasteiger partial charge >= 0.3 is 5.97 Å². The quantitative estimate of drug-likeness (QED) is 0.630. The van der Waals surface area contributed by atoms with E-state index in [1.165, 1.54) is 4.90 Å². The van der Waals surface area contributed by atoms with E-state index in [1.807, 2.05) is 6.07 Å². The fourth-order valence-electron chi connectivity index (χ4n) is 2.19. The van der Waals surface area contributed by atoms with Crippen LogP contribution in [0.15, 0.2) is 30.3 Å². The minimum absolute atomic E-state index is 0.00981. The van der Waals surface area contributed by atoms with E-state index in [9.17, 15) is 14.4 Å². The van der Waals surface area contributed by atoms with Crippen LogP contribution in [0, 0.1) is 0 Å². The Kier molecular flexibility index (Phi) is 4.47. The molecular formula is C14H16N2O4. The van der Waals surface area contributed by atoms with Crippen molar-refractivity contribution in [2.24, 2.45) is 0 Å². The second kappa shape index (κ2) is 6.29. The summed E-state index contributed by atoms with van der Waals surface area (Å²) >= 11 is 0. The van der Waals surface area contributed by atoms with Crippen LogP contribution >= 0.6 is 0 Å². The first-order valence-corrected chi connectivity index (χ1v) is 6.40. The molecule has 1 unspecified atom stereocenters. The van der Waals surface area contributed by atoms with Crippen LogP contribution in [0.25, 0.3) is 0 Å². The number of ether oxygens (including phenoxy) is 1. The van der Waals surface area contributed by atoms with Crippen LogP contribution in [0.4, 0.5) is 0 Å². The third-order valence-corrected chi connectivity index (χ3v) is 2.96. The summed E-state index contributed by atoms with van der Waals surface area (Å²) in [5.74, 6) is -1.28. The van der Waals surface area contributed by atoms with Gasteiger partial charge in [0.05, 0.1) is 19.7 Å². The zero-order valence-electron chi connectivity index (χ0n) is 11.2. The Morgan fingerprint density at radius 3 is 2.40 bits per heavy atom. The second-order valence-corrected chi connectivity index (χ2v) is 4.44. The van der Waals surface area contributed by atoms with Crippen molar-refractivity contribution in [1.82, 2.24) is 10.2 Å². The largest absolute Gasteiger partial charge is 0.465 e. The van der Waals surface area contributed by atoms with Crippen molar-refractivity contribution < 1.29 is 19.1 Å². The van der Waals surface area contributed by atoms with Crippen LogP contribution in [0.3, 0.4) is 0 Å². The molecule has 0 spiro atoms. The number of hydrogen-bond donors (Lipinski definition) is 1. The number of rotatable bonds is 4. The molecule has 0 aromatic heterocycles. The molecule has 1 fully saturated rings. The number of carbonyl (C=O) groups is 3. The molecule has 2 rings (SSSR count). The Balaban J connectivity index is 2.29. The number of hydrogen-bond acceptors (Lipinski definition) is 5. The highest BCUT2D eigenvalue weighted by Crippen LogP contribution is 2.23. The third kappa shape index (κ3) is 3.21. The Morgan fingerprint density at radius 1 is 1.25 bits per heavy atom. The molecule has 1 saturated heterocycles. The average molecular weight is 276 g/mol. The lowest BCUT2D eigenvalue weighted by Gasteiger charge is -2.31.